The molecule has 2 aliphatic heterocycles. The van der Waals surface area contributed by atoms with Crippen molar-refractivity contribution in [2.24, 2.45) is 5.92 Å². The summed E-state index contributed by atoms with van der Waals surface area (Å²) in [7, 11) is 8.78. The minimum Gasteiger partial charge on any atom is -0.327 e. The van der Waals surface area contributed by atoms with Crippen molar-refractivity contribution in [3.05, 3.63) is 66.3 Å². The first-order valence-electron chi connectivity index (χ1n) is 14.4. The van der Waals surface area contributed by atoms with Crippen LogP contribution in [0.4, 0.5) is 4.39 Å². The second-order valence-corrected chi connectivity index (χ2v) is 13.6. The number of benzene rings is 1. The van der Waals surface area contributed by atoms with Crippen molar-refractivity contribution in [3.8, 4) is 10.4 Å². The first-order valence-corrected chi connectivity index (χ1v) is 15.2. The summed E-state index contributed by atoms with van der Waals surface area (Å²) in [5, 5.41) is 3.13. The summed E-state index contributed by atoms with van der Waals surface area (Å²) >= 11 is 1.71. The smallest absolute Gasteiger partial charge is 0.138 e. The molecule has 5 rings (SSSR count). The Hall–Kier alpha value is -2.19. The van der Waals surface area contributed by atoms with E-state index in [4.69, 9.17) is 0 Å². The van der Waals surface area contributed by atoms with E-state index in [9.17, 15) is 9.18 Å². The molecule has 7 heteroatoms. The molecular weight excluding hydrogens is 519 g/mol. The highest BCUT2D eigenvalue weighted by molar-refractivity contribution is 7.13. The molecule has 3 fully saturated rings. The predicted octanol–water partition coefficient (Wildman–Crippen LogP) is 6.84. The number of nitrogens with one attached hydrogen (secondary N) is 1. The topological polar surface area (TPSA) is 55.1 Å². The second kappa shape index (κ2) is 14.6. The zero-order valence-corrected chi connectivity index (χ0v) is 26.9. The number of aryl methyl sites for hydroxylation is 1. The molecule has 1 aromatic carbocycles. The van der Waals surface area contributed by atoms with Crippen LogP contribution in [0.2, 0.25) is 0 Å². The molecule has 1 aromatic heterocycles. The molecule has 3 unspecified atom stereocenters. The van der Waals surface area contributed by atoms with Crippen LogP contribution in [0.5, 0.6) is 0 Å². The Bertz CT molecular complexity index is 1090. The number of allylic oxidation sites excluding steroid dienone is 1. The number of thiazole rings is 1. The number of likely N-dealkylation sites (tertiary alicyclic amines) is 1. The van der Waals surface area contributed by atoms with Gasteiger partial charge in [0, 0.05) is 17.1 Å². The molecule has 0 bridgehead atoms. The number of aldehydes is 1. The zero-order valence-electron chi connectivity index (χ0n) is 26.0. The van der Waals surface area contributed by atoms with E-state index in [1.807, 2.05) is 11.6 Å². The molecule has 1 N–H and O–H groups in total. The Morgan fingerprint density at radius 2 is 1.85 bits per heavy atom. The molecule has 2 saturated heterocycles. The van der Waals surface area contributed by atoms with E-state index in [1.165, 1.54) is 41.5 Å². The molecule has 1 aliphatic carbocycles. The lowest BCUT2D eigenvalue weighted by molar-refractivity contribution is -0.884. The van der Waals surface area contributed by atoms with Crippen LogP contribution < -0.4 is 5.32 Å². The fraction of sp³-hybridized carbons (Fsp3) is 0.576. The Morgan fingerprint density at radius 1 is 1.23 bits per heavy atom. The van der Waals surface area contributed by atoms with Crippen LogP contribution in [-0.4, -0.2) is 78.7 Å². The standard InChI is InChI=1S/C14H19N2S.C7H13NO.C7H13N.C5H7F/c1-11-14(17-10-15-11)13-7-5-12(6-8-13)9-16(2,3)4;1-5(2)7(3)6(4-9)8-7;1-3-7-5-4-6-8(7)2;1-2-5(6)3-4-5/h5-8,10H,9H2,1-4H3;4-6,8H,1-3H3;3,7H,1,4-6H2,2H3;2H,1,3-4H2/q+1;;;. The second-order valence-electron chi connectivity index (χ2n) is 12.8. The van der Waals surface area contributed by atoms with Crippen LogP contribution >= 0.6 is 11.3 Å². The number of halogens is 1. The molecule has 0 radical (unpaired) electrons. The predicted molar refractivity (Wildman–Crippen MR) is 169 cm³/mol. The van der Waals surface area contributed by atoms with E-state index in [2.05, 4.69) is 109 Å². The monoisotopic (exact) mass is 571 g/mol. The Morgan fingerprint density at radius 3 is 2.12 bits per heavy atom. The van der Waals surface area contributed by atoms with Gasteiger partial charge in [0.2, 0.25) is 0 Å². The minimum absolute atomic E-state index is 0.0990. The van der Waals surface area contributed by atoms with Gasteiger partial charge in [-0.3, -0.25) is 10.2 Å². The van der Waals surface area contributed by atoms with E-state index >= 15 is 0 Å². The number of likely N-dealkylation sites (N-methyl/N-ethyl adjacent to an activating group) is 1. The van der Waals surface area contributed by atoms with E-state index in [0.717, 1.165) is 23.0 Å². The molecule has 3 aliphatic rings. The maximum absolute atomic E-state index is 12.1. The van der Waals surface area contributed by atoms with Crippen molar-refractivity contribution in [1.82, 2.24) is 15.2 Å². The van der Waals surface area contributed by atoms with Crippen LogP contribution in [0, 0.1) is 12.8 Å². The third-order valence-electron chi connectivity index (χ3n) is 7.93. The van der Waals surface area contributed by atoms with E-state index < -0.39 is 5.67 Å². The van der Waals surface area contributed by atoms with Gasteiger partial charge in [-0.05, 0) is 64.6 Å². The van der Waals surface area contributed by atoms with Crippen LogP contribution in [0.1, 0.15) is 57.7 Å². The number of nitrogens with zero attached hydrogens (tertiary/aromatic N) is 3. The largest absolute Gasteiger partial charge is 0.327 e. The number of quaternary nitrogens is 1. The number of carbonyl (C=O) groups is 1. The van der Waals surface area contributed by atoms with Gasteiger partial charge in [-0.25, -0.2) is 9.37 Å². The van der Waals surface area contributed by atoms with E-state index in [-0.39, 0.29) is 11.6 Å². The summed E-state index contributed by atoms with van der Waals surface area (Å²) in [6, 6.07) is 9.61. The molecule has 40 heavy (non-hydrogen) atoms. The van der Waals surface area contributed by atoms with Crippen molar-refractivity contribution < 1.29 is 13.7 Å². The summed E-state index contributed by atoms with van der Waals surface area (Å²) in [5.74, 6) is 0.549. The SMILES string of the molecule is C=CC1(F)CC1.C=CC1CCCN1C.CC(C)C1(C)NC1C=O.Cc1ncsc1-c1ccc(C[N+](C)(C)C)cc1. The number of hydrogen-bond acceptors (Lipinski definition) is 5. The quantitative estimate of drug-likeness (QED) is 0.171. The molecule has 1 saturated carbocycles. The summed E-state index contributed by atoms with van der Waals surface area (Å²) in [6.07, 6.45) is 8.43. The maximum atomic E-state index is 12.1. The highest BCUT2D eigenvalue weighted by atomic mass is 32.1. The first kappa shape index (κ1) is 34.0. The number of carbonyl (C=O) groups excluding carboxylic acids is 1. The molecule has 2 aromatic rings. The van der Waals surface area contributed by atoms with Crippen molar-refractivity contribution >= 4 is 17.6 Å². The van der Waals surface area contributed by atoms with Gasteiger partial charge < -0.3 is 9.28 Å². The van der Waals surface area contributed by atoms with Gasteiger partial charge in [-0.1, -0.05) is 56.8 Å². The van der Waals surface area contributed by atoms with Gasteiger partial charge in [0.15, 0.2) is 0 Å². The molecule has 3 heterocycles. The highest BCUT2D eigenvalue weighted by Crippen LogP contribution is 2.40. The highest BCUT2D eigenvalue weighted by Gasteiger charge is 2.51. The van der Waals surface area contributed by atoms with Gasteiger partial charge in [0.1, 0.15) is 18.5 Å². The van der Waals surface area contributed by atoms with Crippen LogP contribution in [0.25, 0.3) is 10.4 Å². The van der Waals surface area contributed by atoms with Crippen molar-refractivity contribution in [3.63, 3.8) is 0 Å². The van der Waals surface area contributed by atoms with Gasteiger partial charge in [-0.15, -0.1) is 17.9 Å². The Balaban J connectivity index is 0.000000205. The fourth-order valence-corrected chi connectivity index (χ4v) is 5.25. The van der Waals surface area contributed by atoms with Crippen molar-refractivity contribution in [2.45, 2.75) is 83.2 Å². The minimum atomic E-state index is -0.944. The lowest BCUT2D eigenvalue weighted by atomic mass is 9.94. The average molecular weight is 572 g/mol. The zero-order chi connectivity index (χ0) is 30.1. The van der Waals surface area contributed by atoms with Crippen LogP contribution in [0.15, 0.2) is 55.1 Å². The number of aromatic nitrogens is 1. The van der Waals surface area contributed by atoms with Gasteiger partial charge >= 0.3 is 0 Å². The number of hydrogen-bond donors (Lipinski definition) is 1. The van der Waals surface area contributed by atoms with Gasteiger partial charge in [-0.2, -0.15) is 0 Å². The third-order valence-corrected chi connectivity index (χ3v) is 8.90. The van der Waals surface area contributed by atoms with Crippen molar-refractivity contribution in [1.29, 1.82) is 0 Å². The average Bonchev–Trinajstić information content (AvgIpc) is 3.69. The first-order chi connectivity index (χ1) is 18.7. The lowest BCUT2D eigenvalue weighted by Crippen LogP contribution is -2.33. The third kappa shape index (κ3) is 10.7. The Labute approximate surface area is 246 Å². The number of alkyl halides is 1. The molecule has 222 valence electrons. The van der Waals surface area contributed by atoms with E-state index in [1.54, 1.807) is 11.3 Å². The molecule has 3 atom stereocenters. The summed E-state index contributed by atoms with van der Waals surface area (Å²) < 4.78 is 13.1. The summed E-state index contributed by atoms with van der Waals surface area (Å²) in [6.45, 7) is 17.8. The molecule has 0 amide bonds. The van der Waals surface area contributed by atoms with E-state index in [0.29, 0.717) is 24.8 Å². The van der Waals surface area contributed by atoms with Crippen molar-refractivity contribution in [2.75, 3.05) is 34.7 Å². The summed E-state index contributed by atoms with van der Waals surface area (Å²) in [5.41, 5.74) is 4.83. The fourth-order valence-electron chi connectivity index (χ4n) is 4.44. The Kier molecular flexibility index (Phi) is 12.4. The normalized spacial score (nSPS) is 24.4. The molecule has 5 nitrogen and oxygen atoms in total. The van der Waals surface area contributed by atoms with Gasteiger partial charge in [0.25, 0.3) is 0 Å². The molecular formula is C33H52FN4OS+. The maximum Gasteiger partial charge on any atom is 0.138 e. The molecule has 0 spiro atoms. The lowest BCUT2D eigenvalue weighted by Gasteiger charge is -2.23. The number of rotatable bonds is 7. The van der Waals surface area contributed by atoms with Crippen LogP contribution in [-0.2, 0) is 11.3 Å². The van der Waals surface area contributed by atoms with Gasteiger partial charge in [0.05, 0.1) is 43.3 Å². The van der Waals surface area contributed by atoms with Crippen LogP contribution in [0.3, 0.4) is 0 Å². The summed E-state index contributed by atoms with van der Waals surface area (Å²) in [4.78, 5) is 18.1.